The quantitative estimate of drug-likeness (QED) is 0.206. The zero-order valence-corrected chi connectivity index (χ0v) is 26.5. The standard InChI is InChI=1S/C27H54N2O.2HI/c1-7-28(5,8-2)15-11-13-27(30,14-12-16-29(6,9-3)10-4)26-20-23-17-24(21-26)19-25(18-23)22-26;;/h23-25,30H,7-22H2,1-6H3;2*1H/q+2;;/p-2. The Balaban J connectivity index is 0.00000256. The smallest absolute Gasteiger partial charge is 0.0785 e. The van der Waals surface area contributed by atoms with E-state index in [0.717, 1.165) is 39.6 Å². The summed E-state index contributed by atoms with van der Waals surface area (Å²) in [5.41, 5.74) is -0.187. The first-order valence-electron chi connectivity index (χ1n) is 13.5. The molecule has 0 aromatic rings. The first-order chi connectivity index (χ1) is 14.1. The third-order valence-electron chi connectivity index (χ3n) is 10.7. The molecule has 0 aromatic heterocycles. The highest BCUT2D eigenvalue weighted by Gasteiger charge is 2.59. The number of hydrogen-bond donors (Lipinski definition) is 1. The van der Waals surface area contributed by atoms with E-state index in [0.29, 0.717) is 0 Å². The van der Waals surface area contributed by atoms with Gasteiger partial charge in [-0.05, 0) is 115 Å². The summed E-state index contributed by atoms with van der Waals surface area (Å²) in [5, 5.41) is 12.4. The SMILES string of the molecule is CC[N+](C)(CC)CCCC(O)(CCC[N+](C)(CC)CC)C12CC3CC(CC(C3)C1)C2.[I-].[I-]. The first-order valence-corrected chi connectivity index (χ1v) is 13.5. The van der Waals surface area contributed by atoms with Gasteiger partial charge in [-0.25, -0.2) is 0 Å². The number of hydrogen-bond acceptors (Lipinski definition) is 1. The van der Waals surface area contributed by atoms with E-state index in [-0.39, 0.29) is 53.4 Å². The maximum absolute atomic E-state index is 12.4. The van der Waals surface area contributed by atoms with Crippen molar-refractivity contribution in [2.75, 3.05) is 53.4 Å². The van der Waals surface area contributed by atoms with Crippen LogP contribution in [0.5, 0.6) is 0 Å². The van der Waals surface area contributed by atoms with Gasteiger partial charge in [0.25, 0.3) is 0 Å². The maximum Gasteiger partial charge on any atom is 0.0785 e. The number of quaternary nitrogens is 2. The minimum atomic E-state index is -0.429. The van der Waals surface area contributed by atoms with Crippen molar-refractivity contribution in [3.63, 3.8) is 0 Å². The molecule has 0 saturated heterocycles. The van der Waals surface area contributed by atoms with E-state index < -0.39 is 5.60 Å². The van der Waals surface area contributed by atoms with E-state index in [1.165, 1.54) is 90.6 Å². The normalized spacial score (nSPS) is 29.5. The van der Waals surface area contributed by atoms with Crippen molar-refractivity contribution >= 4 is 0 Å². The second-order valence-electron chi connectivity index (χ2n) is 12.4. The minimum Gasteiger partial charge on any atom is -1.00 e. The molecular weight excluding hydrogens is 622 g/mol. The Bertz CT molecular complexity index is 501. The van der Waals surface area contributed by atoms with E-state index in [2.05, 4.69) is 41.8 Å². The molecule has 0 heterocycles. The van der Waals surface area contributed by atoms with Crippen molar-refractivity contribution in [1.29, 1.82) is 0 Å². The predicted octanol–water partition coefficient (Wildman–Crippen LogP) is -0.525. The van der Waals surface area contributed by atoms with Crippen LogP contribution in [0.4, 0.5) is 0 Å². The van der Waals surface area contributed by atoms with Crippen LogP contribution >= 0.6 is 0 Å². The highest BCUT2D eigenvalue weighted by atomic mass is 127. The molecule has 5 heteroatoms. The molecule has 4 aliphatic carbocycles. The second kappa shape index (κ2) is 12.5. The minimum absolute atomic E-state index is 0. The van der Waals surface area contributed by atoms with Crippen LogP contribution in [-0.4, -0.2) is 73.0 Å². The average molecular weight is 677 g/mol. The zero-order valence-electron chi connectivity index (χ0n) is 22.1. The third-order valence-corrected chi connectivity index (χ3v) is 10.7. The van der Waals surface area contributed by atoms with Crippen LogP contribution in [0.3, 0.4) is 0 Å². The number of rotatable bonds is 13. The summed E-state index contributed by atoms with van der Waals surface area (Å²) in [6, 6.07) is 0. The lowest BCUT2D eigenvalue weighted by Crippen LogP contribution is -3.00. The van der Waals surface area contributed by atoms with Crippen LogP contribution in [0.25, 0.3) is 0 Å². The van der Waals surface area contributed by atoms with Crippen LogP contribution in [0.2, 0.25) is 0 Å². The number of nitrogens with zero attached hydrogens (tertiary/aromatic N) is 2. The van der Waals surface area contributed by atoms with Crippen molar-refractivity contribution in [2.45, 2.75) is 97.5 Å². The molecule has 4 saturated carbocycles. The Morgan fingerprint density at radius 2 is 1.00 bits per heavy atom. The summed E-state index contributed by atoms with van der Waals surface area (Å²) >= 11 is 0. The van der Waals surface area contributed by atoms with Crippen molar-refractivity contribution in [1.82, 2.24) is 0 Å². The Morgan fingerprint density at radius 1 is 0.688 bits per heavy atom. The van der Waals surface area contributed by atoms with Crippen molar-refractivity contribution in [3.8, 4) is 0 Å². The summed E-state index contributed by atoms with van der Waals surface area (Å²) in [7, 11) is 4.80. The highest BCUT2D eigenvalue weighted by molar-refractivity contribution is 5.10. The third kappa shape index (κ3) is 6.76. The summed E-state index contributed by atoms with van der Waals surface area (Å²) in [5.74, 6) is 2.76. The van der Waals surface area contributed by atoms with E-state index in [9.17, 15) is 5.11 Å². The Kier molecular flexibility index (Phi) is 12.3. The monoisotopic (exact) mass is 676 g/mol. The van der Waals surface area contributed by atoms with Gasteiger partial charge < -0.3 is 62.0 Å². The van der Waals surface area contributed by atoms with Gasteiger partial charge in [-0.1, -0.05) is 0 Å². The van der Waals surface area contributed by atoms with Crippen LogP contribution in [0.1, 0.15) is 91.9 Å². The lowest BCUT2D eigenvalue weighted by molar-refractivity contribution is -0.906. The Labute approximate surface area is 234 Å². The fourth-order valence-electron chi connectivity index (χ4n) is 7.92. The second-order valence-corrected chi connectivity index (χ2v) is 12.4. The van der Waals surface area contributed by atoms with Crippen molar-refractivity contribution in [3.05, 3.63) is 0 Å². The molecule has 4 aliphatic rings. The first kappa shape index (κ1) is 31.4. The lowest BCUT2D eigenvalue weighted by Gasteiger charge is -2.62. The molecule has 192 valence electrons. The highest BCUT2D eigenvalue weighted by Crippen LogP contribution is 2.65. The molecule has 32 heavy (non-hydrogen) atoms. The molecule has 0 aliphatic heterocycles. The van der Waals surface area contributed by atoms with Crippen molar-refractivity contribution < 1.29 is 62.0 Å². The summed E-state index contributed by atoms with van der Waals surface area (Å²) in [6.45, 7) is 16.5. The van der Waals surface area contributed by atoms with E-state index in [1.54, 1.807) is 0 Å². The molecule has 1 N–H and O–H groups in total. The molecule has 0 spiro atoms. The van der Waals surface area contributed by atoms with Gasteiger partial charge in [0, 0.05) is 0 Å². The molecule has 4 rings (SSSR count). The molecule has 0 atom stereocenters. The van der Waals surface area contributed by atoms with Crippen molar-refractivity contribution in [2.24, 2.45) is 23.2 Å². The summed E-state index contributed by atoms with van der Waals surface area (Å²) in [4.78, 5) is 0. The average Bonchev–Trinajstić information content (AvgIpc) is 2.72. The largest absolute Gasteiger partial charge is 1.00 e. The van der Waals surface area contributed by atoms with Gasteiger partial charge in [0.15, 0.2) is 0 Å². The van der Waals surface area contributed by atoms with Gasteiger partial charge in [0.05, 0.1) is 59.0 Å². The van der Waals surface area contributed by atoms with Gasteiger partial charge >= 0.3 is 0 Å². The summed E-state index contributed by atoms with van der Waals surface area (Å²) < 4.78 is 2.30. The molecule has 0 amide bonds. The zero-order chi connectivity index (χ0) is 22.0. The Morgan fingerprint density at radius 3 is 1.28 bits per heavy atom. The van der Waals surface area contributed by atoms with Gasteiger partial charge in [-0.15, -0.1) is 0 Å². The van der Waals surface area contributed by atoms with Gasteiger partial charge in [0.2, 0.25) is 0 Å². The molecule has 4 bridgehead atoms. The fourth-order valence-corrected chi connectivity index (χ4v) is 7.92. The number of aliphatic hydroxyl groups is 1. The molecule has 4 fully saturated rings. The molecule has 0 unspecified atom stereocenters. The van der Waals surface area contributed by atoms with E-state index >= 15 is 0 Å². The lowest BCUT2D eigenvalue weighted by atomic mass is 9.44. The van der Waals surface area contributed by atoms with Crippen LogP contribution < -0.4 is 48.0 Å². The molecule has 0 aromatic carbocycles. The molecule has 3 nitrogen and oxygen atoms in total. The van der Waals surface area contributed by atoms with Gasteiger partial charge in [0.1, 0.15) is 0 Å². The Hall–Kier alpha value is 1.34. The maximum atomic E-state index is 12.4. The number of halogens is 2. The summed E-state index contributed by atoms with van der Waals surface area (Å²) in [6.07, 6.45) is 12.8. The van der Waals surface area contributed by atoms with Crippen LogP contribution in [0, 0.1) is 23.2 Å². The molecule has 0 radical (unpaired) electrons. The van der Waals surface area contributed by atoms with E-state index in [1.807, 2.05) is 0 Å². The topological polar surface area (TPSA) is 20.2 Å². The van der Waals surface area contributed by atoms with Gasteiger partial charge in [-0.3, -0.25) is 0 Å². The molecular formula is C27H54I2N2O. The predicted molar refractivity (Wildman–Crippen MR) is 128 cm³/mol. The fraction of sp³-hybridized carbons (Fsp3) is 1.00. The van der Waals surface area contributed by atoms with Crippen LogP contribution in [-0.2, 0) is 0 Å². The van der Waals surface area contributed by atoms with E-state index in [4.69, 9.17) is 0 Å². The van der Waals surface area contributed by atoms with Crippen LogP contribution in [0.15, 0.2) is 0 Å². The van der Waals surface area contributed by atoms with Gasteiger partial charge in [-0.2, -0.15) is 0 Å².